The highest BCUT2D eigenvalue weighted by Gasteiger charge is 2.34. The number of aliphatic hydroxyl groups excluding tert-OH is 1. The van der Waals surface area contributed by atoms with Crippen LogP contribution in [0.15, 0.2) is 42.5 Å². The second-order valence-corrected chi connectivity index (χ2v) is 4.48. The fraction of sp³-hybridized carbons (Fsp3) is 0.143. The molecular formula is C14H10ClF3O2. The molecule has 0 atom stereocenters. The number of hydrogen-bond acceptors (Lipinski definition) is 2. The minimum atomic E-state index is -4.56. The number of benzene rings is 2. The third-order valence-electron chi connectivity index (χ3n) is 2.57. The van der Waals surface area contributed by atoms with Crippen LogP contribution in [-0.2, 0) is 12.8 Å². The third kappa shape index (κ3) is 3.43. The molecule has 0 saturated carbocycles. The Labute approximate surface area is 118 Å². The van der Waals surface area contributed by atoms with E-state index >= 15 is 0 Å². The molecule has 0 unspecified atom stereocenters. The quantitative estimate of drug-likeness (QED) is 0.894. The molecule has 0 spiro atoms. The van der Waals surface area contributed by atoms with Crippen molar-refractivity contribution in [3.05, 3.63) is 58.6 Å². The molecule has 6 heteroatoms. The molecule has 1 N–H and O–H groups in total. The summed E-state index contributed by atoms with van der Waals surface area (Å²) in [5.41, 5.74) is -0.764. The van der Waals surface area contributed by atoms with Gasteiger partial charge in [-0.1, -0.05) is 17.7 Å². The van der Waals surface area contributed by atoms with Crippen LogP contribution < -0.4 is 4.74 Å². The van der Waals surface area contributed by atoms with Gasteiger partial charge in [0.2, 0.25) is 0 Å². The minimum Gasteiger partial charge on any atom is -0.457 e. The first-order valence-electron chi connectivity index (χ1n) is 5.64. The third-order valence-corrected chi connectivity index (χ3v) is 2.83. The number of rotatable bonds is 3. The van der Waals surface area contributed by atoms with E-state index in [1.165, 1.54) is 36.4 Å². The second-order valence-electron chi connectivity index (χ2n) is 4.04. The van der Waals surface area contributed by atoms with Gasteiger partial charge in [0, 0.05) is 5.02 Å². The monoisotopic (exact) mass is 302 g/mol. The van der Waals surface area contributed by atoms with Crippen LogP contribution in [0.1, 0.15) is 11.1 Å². The zero-order valence-electron chi connectivity index (χ0n) is 10.1. The molecular weight excluding hydrogens is 293 g/mol. The lowest BCUT2D eigenvalue weighted by Crippen LogP contribution is -2.08. The predicted octanol–water partition coefficient (Wildman–Crippen LogP) is 4.64. The Morgan fingerprint density at radius 2 is 1.70 bits per heavy atom. The summed E-state index contributed by atoms with van der Waals surface area (Å²) in [6.45, 7) is -0.468. The average molecular weight is 303 g/mol. The summed E-state index contributed by atoms with van der Waals surface area (Å²) >= 11 is 5.69. The van der Waals surface area contributed by atoms with Crippen molar-refractivity contribution in [2.45, 2.75) is 12.8 Å². The van der Waals surface area contributed by atoms with Crippen molar-refractivity contribution in [2.75, 3.05) is 0 Å². The van der Waals surface area contributed by atoms with Gasteiger partial charge in [0.25, 0.3) is 0 Å². The average Bonchev–Trinajstić information content (AvgIpc) is 2.40. The number of aliphatic hydroxyl groups is 1. The lowest BCUT2D eigenvalue weighted by Gasteiger charge is -2.14. The molecule has 2 aromatic rings. The van der Waals surface area contributed by atoms with Crippen molar-refractivity contribution in [2.24, 2.45) is 0 Å². The van der Waals surface area contributed by atoms with Gasteiger partial charge in [0.15, 0.2) is 0 Å². The summed E-state index contributed by atoms with van der Waals surface area (Å²) in [6.07, 6.45) is -4.56. The Morgan fingerprint density at radius 1 is 1.05 bits per heavy atom. The van der Waals surface area contributed by atoms with Gasteiger partial charge < -0.3 is 9.84 Å². The molecule has 20 heavy (non-hydrogen) atoms. The van der Waals surface area contributed by atoms with Gasteiger partial charge in [0.1, 0.15) is 11.5 Å². The molecule has 2 aromatic carbocycles. The van der Waals surface area contributed by atoms with Crippen LogP contribution in [0.2, 0.25) is 5.02 Å². The molecule has 0 aliphatic carbocycles. The molecule has 2 nitrogen and oxygen atoms in total. The highest BCUT2D eigenvalue weighted by molar-refractivity contribution is 6.30. The van der Waals surface area contributed by atoms with Crippen molar-refractivity contribution in [3.8, 4) is 11.5 Å². The maximum Gasteiger partial charge on any atom is 0.419 e. The first kappa shape index (κ1) is 14.7. The van der Waals surface area contributed by atoms with E-state index in [-0.39, 0.29) is 17.1 Å². The molecule has 0 aliphatic heterocycles. The van der Waals surface area contributed by atoms with Crippen LogP contribution in [0, 0.1) is 0 Å². The number of hydrogen-bond donors (Lipinski definition) is 1. The topological polar surface area (TPSA) is 29.5 Å². The largest absolute Gasteiger partial charge is 0.457 e. The number of ether oxygens (including phenoxy) is 1. The van der Waals surface area contributed by atoms with Crippen LogP contribution in [0.4, 0.5) is 13.2 Å². The number of halogens is 4. The highest BCUT2D eigenvalue weighted by atomic mass is 35.5. The Morgan fingerprint density at radius 3 is 2.25 bits per heavy atom. The van der Waals surface area contributed by atoms with E-state index in [1.54, 1.807) is 0 Å². The summed E-state index contributed by atoms with van der Waals surface area (Å²) in [5, 5.41) is 9.38. The fourth-order valence-electron chi connectivity index (χ4n) is 1.62. The molecule has 0 amide bonds. The summed E-state index contributed by atoms with van der Waals surface area (Å²) < 4.78 is 44.1. The smallest absolute Gasteiger partial charge is 0.419 e. The first-order valence-corrected chi connectivity index (χ1v) is 6.02. The fourth-order valence-corrected chi connectivity index (χ4v) is 1.74. The van der Waals surface area contributed by atoms with E-state index in [0.717, 1.165) is 6.07 Å². The molecule has 106 valence electrons. The zero-order valence-corrected chi connectivity index (χ0v) is 10.9. The van der Waals surface area contributed by atoms with E-state index in [2.05, 4.69) is 0 Å². The van der Waals surface area contributed by atoms with Gasteiger partial charge in [-0.3, -0.25) is 0 Å². The van der Waals surface area contributed by atoms with Gasteiger partial charge in [-0.25, -0.2) is 0 Å². The van der Waals surface area contributed by atoms with Gasteiger partial charge in [-0.2, -0.15) is 13.2 Å². The van der Waals surface area contributed by atoms with E-state index in [1.807, 2.05) is 0 Å². The summed E-state index contributed by atoms with van der Waals surface area (Å²) in [5.74, 6) is -0.0753. The molecule has 0 saturated heterocycles. The van der Waals surface area contributed by atoms with Gasteiger partial charge in [-0.05, 0) is 42.0 Å². The van der Waals surface area contributed by atoms with E-state index in [9.17, 15) is 13.2 Å². The van der Waals surface area contributed by atoms with E-state index in [0.29, 0.717) is 5.02 Å². The zero-order chi connectivity index (χ0) is 14.8. The normalized spacial score (nSPS) is 11.4. The van der Waals surface area contributed by atoms with Crippen molar-refractivity contribution >= 4 is 11.6 Å². The molecule has 0 bridgehead atoms. The lowest BCUT2D eigenvalue weighted by atomic mass is 10.1. The SMILES string of the molecule is OCc1ccc(Oc2ccc(Cl)cc2)c(C(F)(F)F)c1. The summed E-state index contributed by atoms with van der Waals surface area (Å²) in [4.78, 5) is 0. The highest BCUT2D eigenvalue weighted by Crippen LogP contribution is 2.38. The maximum atomic E-state index is 12.9. The summed E-state index contributed by atoms with van der Waals surface area (Å²) in [7, 11) is 0. The second kappa shape index (κ2) is 5.73. The van der Waals surface area contributed by atoms with Crippen LogP contribution in [0.3, 0.4) is 0 Å². The van der Waals surface area contributed by atoms with Gasteiger partial charge >= 0.3 is 6.18 Å². The van der Waals surface area contributed by atoms with Gasteiger partial charge in [0.05, 0.1) is 12.2 Å². The molecule has 0 radical (unpaired) electrons. The molecule has 0 aliphatic rings. The van der Waals surface area contributed by atoms with Crippen molar-refractivity contribution in [3.63, 3.8) is 0 Å². The Kier molecular flexibility index (Phi) is 4.20. The Bertz CT molecular complexity index is 594. The number of alkyl halides is 3. The van der Waals surface area contributed by atoms with Crippen molar-refractivity contribution < 1.29 is 23.0 Å². The standard InChI is InChI=1S/C14H10ClF3O2/c15-10-2-4-11(5-3-10)20-13-6-1-9(8-19)7-12(13)14(16,17)18/h1-7,19H,8H2. The first-order chi connectivity index (χ1) is 9.40. The van der Waals surface area contributed by atoms with E-state index in [4.69, 9.17) is 21.4 Å². The Hall–Kier alpha value is -1.72. The lowest BCUT2D eigenvalue weighted by molar-refractivity contribution is -0.138. The van der Waals surface area contributed by atoms with Crippen molar-refractivity contribution in [1.29, 1.82) is 0 Å². The Balaban J connectivity index is 2.38. The molecule has 2 rings (SSSR count). The molecule has 0 heterocycles. The molecule has 0 aromatic heterocycles. The minimum absolute atomic E-state index is 0.167. The van der Waals surface area contributed by atoms with Crippen LogP contribution in [0.25, 0.3) is 0 Å². The maximum absolute atomic E-state index is 12.9. The predicted molar refractivity (Wildman–Crippen MR) is 68.9 cm³/mol. The van der Waals surface area contributed by atoms with E-state index < -0.39 is 18.3 Å². The van der Waals surface area contributed by atoms with Gasteiger partial charge in [-0.15, -0.1) is 0 Å². The van der Waals surface area contributed by atoms with Crippen LogP contribution >= 0.6 is 11.6 Å². The van der Waals surface area contributed by atoms with Crippen molar-refractivity contribution in [1.82, 2.24) is 0 Å². The summed E-state index contributed by atoms with van der Waals surface area (Å²) in [6, 6.07) is 9.41. The van der Waals surface area contributed by atoms with Crippen LogP contribution in [-0.4, -0.2) is 5.11 Å². The molecule has 0 fully saturated rings. The van der Waals surface area contributed by atoms with Crippen LogP contribution in [0.5, 0.6) is 11.5 Å².